The third kappa shape index (κ3) is 4.36. The van der Waals surface area contributed by atoms with Crippen LogP contribution in [0.2, 0.25) is 0 Å². The van der Waals surface area contributed by atoms with Crippen LogP contribution >= 0.6 is 0 Å². The number of nitrogens with zero attached hydrogens (tertiary/aromatic N) is 2. The molecule has 116 valence electrons. The average molecular weight is 299 g/mol. The van der Waals surface area contributed by atoms with Crippen molar-refractivity contribution in [3.63, 3.8) is 0 Å². The summed E-state index contributed by atoms with van der Waals surface area (Å²) in [6, 6.07) is 11.0. The molecule has 1 amide bonds. The highest BCUT2D eigenvalue weighted by Gasteiger charge is 2.19. The Hall–Kier alpha value is -2.27. The number of benzene rings is 1. The molecule has 0 fully saturated rings. The van der Waals surface area contributed by atoms with Gasteiger partial charge in [0.1, 0.15) is 11.5 Å². The van der Waals surface area contributed by atoms with Gasteiger partial charge >= 0.3 is 0 Å². The molecule has 0 aliphatic heterocycles. The van der Waals surface area contributed by atoms with Crippen LogP contribution in [0.4, 0.5) is 0 Å². The van der Waals surface area contributed by atoms with Gasteiger partial charge in [0.05, 0.1) is 12.1 Å². The Morgan fingerprint density at radius 2 is 1.91 bits per heavy atom. The van der Waals surface area contributed by atoms with Crippen molar-refractivity contribution in [1.82, 2.24) is 15.3 Å². The van der Waals surface area contributed by atoms with E-state index in [1.165, 1.54) is 0 Å². The topological polar surface area (TPSA) is 75.1 Å². The number of rotatable bonds is 5. The fraction of sp³-hybridized carbons (Fsp3) is 0.353. The van der Waals surface area contributed by atoms with Crippen molar-refractivity contribution in [3.05, 3.63) is 59.2 Å². The van der Waals surface area contributed by atoms with Crippen LogP contribution in [0.25, 0.3) is 0 Å². The zero-order chi connectivity index (χ0) is 16.1. The van der Waals surface area contributed by atoms with Gasteiger partial charge in [0.15, 0.2) is 0 Å². The summed E-state index contributed by atoms with van der Waals surface area (Å²) in [6.45, 7) is 5.35. The van der Waals surface area contributed by atoms with Crippen molar-refractivity contribution in [2.45, 2.75) is 39.3 Å². The van der Waals surface area contributed by atoms with E-state index in [0.717, 1.165) is 11.3 Å². The van der Waals surface area contributed by atoms with Crippen molar-refractivity contribution in [2.75, 3.05) is 0 Å². The highest BCUT2D eigenvalue weighted by Crippen LogP contribution is 2.07. The summed E-state index contributed by atoms with van der Waals surface area (Å²) in [7, 11) is 0. The Morgan fingerprint density at radius 1 is 1.23 bits per heavy atom. The molecule has 5 nitrogen and oxygen atoms in total. The molecule has 2 aromatic rings. The fourth-order valence-corrected chi connectivity index (χ4v) is 2.24. The monoisotopic (exact) mass is 299 g/mol. The lowest BCUT2D eigenvalue weighted by Gasteiger charge is -2.20. The Morgan fingerprint density at radius 3 is 2.55 bits per heavy atom. The number of carbonyl (C=O) groups is 1. The van der Waals surface area contributed by atoms with Crippen LogP contribution in [0.5, 0.6) is 0 Å². The average Bonchev–Trinajstić information content (AvgIpc) is 2.47. The van der Waals surface area contributed by atoms with Gasteiger partial charge in [-0.1, -0.05) is 30.3 Å². The van der Waals surface area contributed by atoms with Crippen LogP contribution in [0, 0.1) is 13.8 Å². The van der Waals surface area contributed by atoms with Gasteiger partial charge in [-0.05, 0) is 32.4 Å². The van der Waals surface area contributed by atoms with Crippen molar-refractivity contribution in [1.29, 1.82) is 0 Å². The molecule has 22 heavy (non-hydrogen) atoms. The Bertz CT molecular complexity index is 623. The number of amides is 1. The minimum atomic E-state index is -0.657. The summed E-state index contributed by atoms with van der Waals surface area (Å²) in [5, 5.41) is 13.0. The van der Waals surface area contributed by atoms with Gasteiger partial charge < -0.3 is 10.4 Å². The van der Waals surface area contributed by atoms with Gasteiger partial charge in [0, 0.05) is 12.1 Å². The van der Waals surface area contributed by atoms with Crippen molar-refractivity contribution in [3.8, 4) is 0 Å². The molecule has 2 atom stereocenters. The normalized spacial score (nSPS) is 13.5. The van der Waals surface area contributed by atoms with Crippen LogP contribution in [0.15, 0.2) is 36.4 Å². The third-order valence-corrected chi connectivity index (χ3v) is 3.42. The van der Waals surface area contributed by atoms with Gasteiger partial charge in [-0.2, -0.15) is 0 Å². The standard InChI is InChI=1S/C17H21N3O2/c1-11-9-15(20-13(3)18-11)17(22)19-12(2)16(21)10-14-7-5-4-6-8-14/h4-9,12,16,21H,10H2,1-3H3,(H,19,22)/t12-,16+/m1/s1. The summed E-state index contributed by atoms with van der Waals surface area (Å²) in [5.41, 5.74) is 2.10. The molecule has 0 aliphatic rings. The summed E-state index contributed by atoms with van der Waals surface area (Å²) in [5.74, 6) is 0.260. The molecule has 0 spiro atoms. The van der Waals surface area contributed by atoms with Gasteiger partial charge in [-0.25, -0.2) is 9.97 Å². The van der Waals surface area contributed by atoms with Crippen LogP contribution in [-0.4, -0.2) is 33.1 Å². The number of hydrogen-bond acceptors (Lipinski definition) is 4. The Balaban J connectivity index is 1.98. The molecule has 0 radical (unpaired) electrons. The van der Waals surface area contributed by atoms with E-state index < -0.39 is 6.10 Å². The van der Waals surface area contributed by atoms with Gasteiger partial charge in [-0.3, -0.25) is 4.79 Å². The minimum absolute atomic E-state index is 0.298. The molecule has 2 N–H and O–H groups in total. The first kappa shape index (κ1) is 16.1. The molecule has 0 aliphatic carbocycles. The molecular weight excluding hydrogens is 278 g/mol. The highest BCUT2D eigenvalue weighted by molar-refractivity contribution is 5.92. The maximum Gasteiger partial charge on any atom is 0.270 e. The molecule has 5 heteroatoms. The van der Waals surface area contributed by atoms with E-state index in [9.17, 15) is 9.90 Å². The summed E-state index contributed by atoms with van der Waals surface area (Å²) in [4.78, 5) is 20.5. The summed E-state index contributed by atoms with van der Waals surface area (Å²) < 4.78 is 0. The summed E-state index contributed by atoms with van der Waals surface area (Å²) in [6.07, 6.45) is -0.167. The number of aliphatic hydroxyl groups excluding tert-OH is 1. The molecular formula is C17H21N3O2. The molecule has 1 aromatic heterocycles. The number of aliphatic hydroxyl groups is 1. The van der Waals surface area contributed by atoms with Crippen LogP contribution in [-0.2, 0) is 6.42 Å². The number of hydrogen-bond donors (Lipinski definition) is 2. The number of aromatic nitrogens is 2. The number of aryl methyl sites for hydroxylation is 2. The van der Waals surface area contributed by atoms with E-state index >= 15 is 0 Å². The zero-order valence-corrected chi connectivity index (χ0v) is 13.1. The Kier molecular flexibility index (Phi) is 5.22. The third-order valence-electron chi connectivity index (χ3n) is 3.42. The van der Waals surface area contributed by atoms with Crippen LogP contribution in [0.1, 0.15) is 34.5 Å². The molecule has 1 aromatic carbocycles. The molecule has 0 unspecified atom stereocenters. The first-order chi connectivity index (χ1) is 10.5. The molecule has 0 bridgehead atoms. The predicted molar refractivity (Wildman–Crippen MR) is 84.6 cm³/mol. The lowest BCUT2D eigenvalue weighted by molar-refractivity contribution is 0.0846. The minimum Gasteiger partial charge on any atom is -0.391 e. The van der Waals surface area contributed by atoms with E-state index in [-0.39, 0.29) is 11.9 Å². The second-order valence-electron chi connectivity index (χ2n) is 5.46. The first-order valence-electron chi connectivity index (χ1n) is 7.31. The second-order valence-corrected chi connectivity index (χ2v) is 5.46. The maximum atomic E-state index is 12.2. The number of carbonyl (C=O) groups excluding carboxylic acids is 1. The van der Waals surface area contributed by atoms with Crippen molar-refractivity contribution in [2.24, 2.45) is 0 Å². The Labute approximate surface area is 130 Å². The van der Waals surface area contributed by atoms with E-state index in [0.29, 0.717) is 17.9 Å². The first-order valence-corrected chi connectivity index (χ1v) is 7.31. The second kappa shape index (κ2) is 7.13. The quantitative estimate of drug-likeness (QED) is 0.883. The molecule has 1 heterocycles. The van der Waals surface area contributed by atoms with Crippen LogP contribution in [0.3, 0.4) is 0 Å². The molecule has 0 saturated heterocycles. The lowest BCUT2D eigenvalue weighted by Crippen LogP contribution is -2.42. The zero-order valence-electron chi connectivity index (χ0n) is 13.1. The summed E-state index contributed by atoms with van der Waals surface area (Å²) >= 11 is 0. The SMILES string of the molecule is Cc1cc(C(=O)N[C@H](C)[C@@H](O)Cc2ccccc2)nc(C)n1. The highest BCUT2D eigenvalue weighted by atomic mass is 16.3. The molecule has 0 saturated carbocycles. The van der Waals surface area contributed by atoms with Gasteiger partial charge in [0.25, 0.3) is 5.91 Å². The van der Waals surface area contributed by atoms with Gasteiger partial charge in [-0.15, -0.1) is 0 Å². The smallest absolute Gasteiger partial charge is 0.270 e. The van der Waals surface area contributed by atoms with E-state index in [1.54, 1.807) is 19.9 Å². The van der Waals surface area contributed by atoms with Gasteiger partial charge in [0.2, 0.25) is 0 Å². The van der Waals surface area contributed by atoms with E-state index in [2.05, 4.69) is 15.3 Å². The van der Waals surface area contributed by atoms with Crippen molar-refractivity contribution < 1.29 is 9.90 Å². The largest absolute Gasteiger partial charge is 0.391 e. The number of nitrogens with one attached hydrogen (secondary N) is 1. The van der Waals surface area contributed by atoms with Crippen molar-refractivity contribution >= 4 is 5.91 Å². The maximum absolute atomic E-state index is 12.2. The molecule has 2 rings (SSSR count). The van der Waals surface area contributed by atoms with E-state index in [1.807, 2.05) is 37.3 Å². The van der Waals surface area contributed by atoms with E-state index in [4.69, 9.17) is 0 Å². The predicted octanol–water partition coefficient (Wildman–Crippen LogP) is 1.82. The van der Waals surface area contributed by atoms with Crippen LogP contribution < -0.4 is 5.32 Å². The fourth-order valence-electron chi connectivity index (χ4n) is 2.24. The lowest BCUT2D eigenvalue weighted by atomic mass is 10.0.